The van der Waals surface area contributed by atoms with Gasteiger partial charge in [0.25, 0.3) is 5.91 Å². The number of oxime groups is 1. The summed E-state index contributed by atoms with van der Waals surface area (Å²) in [6.07, 6.45) is 0.677. The normalized spacial score (nSPS) is 24.9. The lowest BCUT2D eigenvalue weighted by molar-refractivity contribution is -0.126. The maximum absolute atomic E-state index is 13.2. The summed E-state index contributed by atoms with van der Waals surface area (Å²) in [5.41, 5.74) is 2.57. The Kier molecular flexibility index (Phi) is 3.91. The van der Waals surface area contributed by atoms with Crippen molar-refractivity contribution in [2.75, 3.05) is 12.0 Å². The van der Waals surface area contributed by atoms with Gasteiger partial charge in [0.1, 0.15) is 29.2 Å². The summed E-state index contributed by atoms with van der Waals surface area (Å²) in [5.74, 6) is -0.146. The minimum atomic E-state index is -0.954. The van der Waals surface area contributed by atoms with Gasteiger partial charge in [-0.25, -0.2) is 4.90 Å². The number of amides is 2. The number of methoxy groups -OCH3 is 1. The minimum Gasteiger partial charge on any atom is -0.497 e. The number of rotatable bonds is 3. The Balaban J connectivity index is 1.49. The van der Waals surface area contributed by atoms with E-state index in [-0.39, 0.29) is 12.0 Å². The zero-order chi connectivity index (χ0) is 20.1. The molecular formula is C22H18N2O5. The number of carbonyl (C=O) groups excluding carboxylic acids is 2. The molecule has 2 aromatic carbocycles. The Bertz CT molecular complexity index is 1070. The highest BCUT2D eigenvalue weighted by atomic mass is 16.7. The van der Waals surface area contributed by atoms with Crippen LogP contribution >= 0.6 is 0 Å². The number of benzene rings is 2. The fraction of sp³-hybridized carbons (Fsp3) is 0.227. The molecule has 3 heterocycles. The second-order valence-corrected chi connectivity index (χ2v) is 7.09. The molecule has 0 unspecified atom stereocenters. The van der Waals surface area contributed by atoms with Crippen molar-refractivity contribution < 1.29 is 23.9 Å². The van der Waals surface area contributed by atoms with Crippen LogP contribution in [-0.4, -0.2) is 36.8 Å². The van der Waals surface area contributed by atoms with Gasteiger partial charge in [0, 0.05) is 11.1 Å². The van der Waals surface area contributed by atoms with Gasteiger partial charge in [-0.2, -0.15) is 0 Å². The van der Waals surface area contributed by atoms with Crippen LogP contribution in [0.4, 0.5) is 5.69 Å². The van der Waals surface area contributed by atoms with E-state index in [1.54, 1.807) is 31.4 Å². The molecule has 0 N–H and O–H groups in total. The third kappa shape index (κ3) is 2.61. The van der Waals surface area contributed by atoms with Crippen LogP contribution in [-0.2, 0) is 14.4 Å². The van der Waals surface area contributed by atoms with Crippen LogP contribution < -0.4 is 14.4 Å². The molecule has 0 aliphatic carbocycles. The number of anilines is 1. The molecule has 3 aliphatic heterocycles. The Labute approximate surface area is 167 Å². The lowest BCUT2D eigenvalue weighted by Crippen LogP contribution is -2.35. The van der Waals surface area contributed by atoms with Crippen LogP contribution in [0.25, 0.3) is 6.08 Å². The lowest BCUT2D eigenvalue weighted by atomic mass is 9.89. The molecule has 0 spiro atoms. The first kappa shape index (κ1) is 17.5. The van der Waals surface area contributed by atoms with Gasteiger partial charge in [-0.05, 0) is 43.3 Å². The molecule has 2 amide bonds. The predicted octanol–water partition coefficient (Wildman–Crippen LogP) is 2.80. The summed E-state index contributed by atoms with van der Waals surface area (Å²) >= 11 is 0. The van der Waals surface area contributed by atoms with Crippen LogP contribution in [0.2, 0.25) is 0 Å². The third-order valence-corrected chi connectivity index (χ3v) is 5.41. The van der Waals surface area contributed by atoms with Crippen LogP contribution in [0.1, 0.15) is 12.5 Å². The summed E-state index contributed by atoms with van der Waals surface area (Å²) in [6, 6.07) is 14.4. The van der Waals surface area contributed by atoms with E-state index >= 15 is 0 Å². The summed E-state index contributed by atoms with van der Waals surface area (Å²) in [4.78, 5) is 32.7. The summed E-state index contributed by atoms with van der Waals surface area (Å²) in [5, 5.41) is 4.10. The highest BCUT2D eigenvalue weighted by molar-refractivity contribution is 6.33. The second-order valence-electron chi connectivity index (χ2n) is 7.09. The van der Waals surface area contributed by atoms with E-state index in [4.69, 9.17) is 14.3 Å². The lowest BCUT2D eigenvalue weighted by Gasteiger charge is -2.25. The van der Waals surface area contributed by atoms with Gasteiger partial charge in [0.05, 0.1) is 12.8 Å². The van der Waals surface area contributed by atoms with Gasteiger partial charge in [0.2, 0.25) is 12.0 Å². The molecule has 0 aromatic heterocycles. The molecule has 0 radical (unpaired) electrons. The predicted molar refractivity (Wildman–Crippen MR) is 106 cm³/mol. The van der Waals surface area contributed by atoms with Crippen LogP contribution in [0.3, 0.4) is 0 Å². The van der Waals surface area contributed by atoms with E-state index in [0.717, 1.165) is 21.8 Å². The van der Waals surface area contributed by atoms with E-state index in [9.17, 15) is 9.59 Å². The van der Waals surface area contributed by atoms with Crippen LogP contribution in [0, 0.1) is 5.92 Å². The van der Waals surface area contributed by atoms with E-state index in [0.29, 0.717) is 17.1 Å². The summed E-state index contributed by atoms with van der Waals surface area (Å²) in [7, 11) is 1.56. The van der Waals surface area contributed by atoms with Gasteiger partial charge in [-0.3, -0.25) is 9.59 Å². The number of hydrogen-bond acceptors (Lipinski definition) is 6. The van der Waals surface area contributed by atoms with Crippen molar-refractivity contribution in [2.24, 2.45) is 11.1 Å². The van der Waals surface area contributed by atoms with Gasteiger partial charge in [-0.15, -0.1) is 0 Å². The molecule has 7 nitrogen and oxygen atoms in total. The largest absolute Gasteiger partial charge is 0.497 e. The molecule has 29 heavy (non-hydrogen) atoms. The Morgan fingerprint density at radius 3 is 2.55 bits per heavy atom. The molecule has 3 aliphatic rings. The van der Waals surface area contributed by atoms with E-state index < -0.39 is 17.9 Å². The standard InChI is InChI=1S/C22H18N2O5/c1-12-16(11-13-5-3-4-6-17(13)28-12)19-18-20(29-23-19)22(26)24(21(18)25)14-7-9-15(27-2)10-8-14/h3-12,18,20H,1-2H3/t12-,18-,20+/m0/s1. The van der Waals surface area contributed by atoms with Crippen LogP contribution in [0.15, 0.2) is 59.3 Å². The number of nitrogens with zero attached hydrogens (tertiary/aromatic N) is 2. The maximum atomic E-state index is 13.2. The first-order valence-electron chi connectivity index (χ1n) is 9.31. The highest BCUT2D eigenvalue weighted by Gasteiger charge is 2.57. The average molecular weight is 390 g/mol. The molecule has 3 atom stereocenters. The van der Waals surface area contributed by atoms with Gasteiger partial charge >= 0.3 is 0 Å². The fourth-order valence-electron chi connectivity index (χ4n) is 3.93. The summed E-state index contributed by atoms with van der Waals surface area (Å²) in [6.45, 7) is 1.89. The van der Waals surface area contributed by atoms with E-state index in [1.807, 2.05) is 37.3 Å². The number of fused-ring (bicyclic) bond motifs is 2. The molecule has 146 valence electrons. The quantitative estimate of drug-likeness (QED) is 0.753. The zero-order valence-electron chi connectivity index (χ0n) is 15.9. The number of carbonyl (C=O) groups is 2. The number of imide groups is 1. The molecular weight excluding hydrogens is 372 g/mol. The fourth-order valence-corrected chi connectivity index (χ4v) is 3.93. The Morgan fingerprint density at radius 2 is 1.79 bits per heavy atom. The highest BCUT2D eigenvalue weighted by Crippen LogP contribution is 2.39. The Morgan fingerprint density at radius 1 is 1.03 bits per heavy atom. The summed E-state index contributed by atoms with van der Waals surface area (Å²) < 4.78 is 11.1. The van der Waals surface area contributed by atoms with Crippen molar-refractivity contribution in [2.45, 2.75) is 19.1 Å². The van der Waals surface area contributed by atoms with E-state index in [1.165, 1.54) is 0 Å². The first-order valence-corrected chi connectivity index (χ1v) is 9.31. The molecule has 2 aromatic rings. The molecule has 1 saturated heterocycles. The molecule has 7 heteroatoms. The Hall–Kier alpha value is -3.61. The van der Waals surface area contributed by atoms with Gasteiger partial charge in [-0.1, -0.05) is 23.4 Å². The van der Waals surface area contributed by atoms with Crippen molar-refractivity contribution in [1.29, 1.82) is 0 Å². The van der Waals surface area contributed by atoms with Gasteiger partial charge in [0.15, 0.2) is 0 Å². The third-order valence-electron chi connectivity index (χ3n) is 5.41. The minimum absolute atomic E-state index is 0.316. The molecule has 5 rings (SSSR count). The SMILES string of the molecule is COc1ccc(N2C(=O)[C@H]3C(C4=Cc5ccccc5O[C@H]4C)=NO[C@H]3C2=O)cc1. The number of ether oxygens (including phenoxy) is 2. The second kappa shape index (κ2) is 6.48. The van der Waals surface area contributed by atoms with Crippen molar-refractivity contribution in [1.82, 2.24) is 0 Å². The zero-order valence-corrected chi connectivity index (χ0v) is 15.9. The molecule has 0 saturated carbocycles. The molecule has 1 fully saturated rings. The van der Waals surface area contributed by atoms with Crippen molar-refractivity contribution in [3.05, 3.63) is 59.7 Å². The van der Waals surface area contributed by atoms with Crippen molar-refractivity contribution >= 4 is 29.3 Å². The van der Waals surface area contributed by atoms with Crippen LogP contribution in [0.5, 0.6) is 11.5 Å². The molecule has 0 bridgehead atoms. The topological polar surface area (TPSA) is 77.4 Å². The number of para-hydroxylation sites is 1. The van der Waals surface area contributed by atoms with E-state index in [2.05, 4.69) is 5.16 Å². The number of hydrogen-bond donors (Lipinski definition) is 0. The smallest absolute Gasteiger partial charge is 0.278 e. The maximum Gasteiger partial charge on any atom is 0.278 e. The van der Waals surface area contributed by atoms with Crippen molar-refractivity contribution in [3.8, 4) is 11.5 Å². The first-order chi connectivity index (χ1) is 14.1. The van der Waals surface area contributed by atoms with Gasteiger partial charge < -0.3 is 14.3 Å². The average Bonchev–Trinajstić information content (AvgIpc) is 3.28. The van der Waals surface area contributed by atoms with Crippen molar-refractivity contribution in [3.63, 3.8) is 0 Å². The monoisotopic (exact) mass is 390 g/mol.